The molecule has 4 bridgehead atoms. The van der Waals surface area contributed by atoms with Gasteiger partial charge in [-0.3, -0.25) is 4.79 Å². The molecule has 77 valence electrons. The van der Waals surface area contributed by atoms with Gasteiger partial charge >= 0.3 is 6.41 Å². The molecule has 2 nitrogen and oxygen atoms in total. The summed E-state index contributed by atoms with van der Waals surface area (Å²) in [4.78, 5) is 12.7. The summed E-state index contributed by atoms with van der Waals surface area (Å²) in [5, 5.41) is 0. The summed E-state index contributed by atoms with van der Waals surface area (Å²) < 4.78 is 0. The minimum Gasteiger partial charge on any atom is -0.332 e. The zero-order chi connectivity index (χ0) is 9.76. The maximum atomic E-state index is 10.8. The van der Waals surface area contributed by atoms with E-state index in [0.29, 0.717) is 0 Å². The lowest BCUT2D eigenvalue weighted by molar-refractivity contribution is -0.0550. The minimum absolute atomic E-state index is 0.219. The summed E-state index contributed by atoms with van der Waals surface area (Å²) in [5.74, 6) is 2.74. The van der Waals surface area contributed by atoms with Crippen molar-refractivity contribution in [3.05, 3.63) is 0 Å². The standard InChI is InChI=1S/C12H18NO/c1-13(8-14)12-5-9-2-10(6-12)4-11(3-9)7-12/h9-11H,2-7H2,1H3. The van der Waals surface area contributed by atoms with Crippen molar-refractivity contribution in [2.24, 2.45) is 17.8 Å². The molecule has 1 amide bonds. The van der Waals surface area contributed by atoms with E-state index in [2.05, 4.69) is 6.41 Å². The van der Waals surface area contributed by atoms with Gasteiger partial charge in [0.05, 0.1) is 0 Å². The van der Waals surface area contributed by atoms with Crippen LogP contribution in [0.1, 0.15) is 38.5 Å². The molecular formula is C12H18NO. The lowest BCUT2D eigenvalue weighted by Gasteiger charge is -2.58. The SMILES string of the molecule is CN([C]=O)C12CC3CC(CC(C3)C1)C2. The van der Waals surface area contributed by atoms with E-state index in [1.54, 1.807) is 0 Å². The number of hydrogen-bond acceptors (Lipinski definition) is 1. The van der Waals surface area contributed by atoms with Gasteiger partial charge in [-0.1, -0.05) is 0 Å². The first-order valence-corrected chi connectivity index (χ1v) is 5.83. The molecule has 0 aromatic carbocycles. The number of carbonyl (C=O) groups excluding carboxylic acids is 1. The van der Waals surface area contributed by atoms with E-state index in [1.807, 2.05) is 11.9 Å². The highest BCUT2D eigenvalue weighted by Gasteiger charge is 2.52. The zero-order valence-electron chi connectivity index (χ0n) is 8.83. The van der Waals surface area contributed by atoms with Crippen molar-refractivity contribution in [1.82, 2.24) is 4.90 Å². The fourth-order valence-corrected chi connectivity index (χ4v) is 4.57. The van der Waals surface area contributed by atoms with E-state index in [0.717, 1.165) is 17.8 Å². The second-order valence-corrected chi connectivity index (χ2v) is 5.79. The smallest absolute Gasteiger partial charge is 0.312 e. The summed E-state index contributed by atoms with van der Waals surface area (Å²) in [6.07, 6.45) is 10.2. The van der Waals surface area contributed by atoms with Crippen LogP contribution < -0.4 is 0 Å². The van der Waals surface area contributed by atoms with Crippen LogP contribution in [0.5, 0.6) is 0 Å². The van der Waals surface area contributed by atoms with Gasteiger partial charge < -0.3 is 4.90 Å². The van der Waals surface area contributed by atoms with Gasteiger partial charge in [0.2, 0.25) is 0 Å². The molecule has 0 heterocycles. The highest BCUT2D eigenvalue weighted by atomic mass is 16.1. The van der Waals surface area contributed by atoms with Gasteiger partial charge in [-0.15, -0.1) is 0 Å². The molecule has 0 N–H and O–H groups in total. The van der Waals surface area contributed by atoms with Crippen molar-refractivity contribution in [2.45, 2.75) is 44.1 Å². The fourth-order valence-electron chi connectivity index (χ4n) is 4.57. The van der Waals surface area contributed by atoms with Crippen LogP contribution in [0.2, 0.25) is 0 Å². The molecule has 0 aromatic heterocycles. The Bertz CT molecular complexity index is 226. The highest BCUT2D eigenvalue weighted by molar-refractivity contribution is 5.49. The van der Waals surface area contributed by atoms with E-state index in [1.165, 1.54) is 38.5 Å². The van der Waals surface area contributed by atoms with Crippen molar-refractivity contribution in [1.29, 1.82) is 0 Å². The molecule has 2 heteroatoms. The normalized spacial score (nSPS) is 49.4. The summed E-state index contributed by atoms with van der Waals surface area (Å²) in [6.45, 7) is 0. The third kappa shape index (κ3) is 1.06. The Kier molecular flexibility index (Phi) is 1.71. The molecule has 0 atom stereocenters. The highest BCUT2D eigenvalue weighted by Crippen LogP contribution is 2.57. The molecule has 0 unspecified atom stereocenters. The summed E-state index contributed by atoms with van der Waals surface area (Å²) in [5.41, 5.74) is 0.219. The molecule has 4 fully saturated rings. The third-order valence-corrected chi connectivity index (χ3v) is 4.85. The number of rotatable bonds is 2. The molecule has 4 aliphatic rings. The maximum Gasteiger partial charge on any atom is 0.312 e. The Morgan fingerprint density at radius 2 is 1.50 bits per heavy atom. The minimum atomic E-state index is 0.219. The first-order valence-electron chi connectivity index (χ1n) is 5.83. The van der Waals surface area contributed by atoms with Gasteiger partial charge in [0.15, 0.2) is 0 Å². The van der Waals surface area contributed by atoms with Crippen LogP contribution in [0, 0.1) is 17.8 Å². The first kappa shape index (κ1) is 8.75. The van der Waals surface area contributed by atoms with Gasteiger partial charge in [-0.2, -0.15) is 0 Å². The zero-order valence-corrected chi connectivity index (χ0v) is 8.83. The predicted molar refractivity (Wildman–Crippen MR) is 54.4 cm³/mol. The van der Waals surface area contributed by atoms with Crippen LogP contribution in [-0.2, 0) is 4.79 Å². The number of hydrogen-bond donors (Lipinski definition) is 0. The summed E-state index contributed by atoms with van der Waals surface area (Å²) in [7, 11) is 1.93. The molecule has 0 spiro atoms. The molecule has 4 rings (SSSR count). The summed E-state index contributed by atoms with van der Waals surface area (Å²) >= 11 is 0. The van der Waals surface area contributed by atoms with Crippen LogP contribution in [0.4, 0.5) is 0 Å². The Labute approximate surface area is 85.7 Å². The molecule has 4 saturated carbocycles. The van der Waals surface area contributed by atoms with Crippen molar-refractivity contribution in [3.63, 3.8) is 0 Å². The quantitative estimate of drug-likeness (QED) is 0.612. The lowest BCUT2D eigenvalue weighted by Crippen LogP contribution is -2.58. The second kappa shape index (κ2) is 2.74. The Morgan fingerprint density at radius 3 is 1.86 bits per heavy atom. The molecule has 0 aliphatic heterocycles. The fraction of sp³-hybridized carbons (Fsp3) is 0.917. The van der Waals surface area contributed by atoms with Crippen LogP contribution in [0.25, 0.3) is 0 Å². The lowest BCUT2D eigenvalue weighted by atomic mass is 9.52. The molecule has 14 heavy (non-hydrogen) atoms. The van der Waals surface area contributed by atoms with Crippen LogP contribution in [-0.4, -0.2) is 23.9 Å². The van der Waals surface area contributed by atoms with E-state index in [4.69, 9.17) is 0 Å². The average molecular weight is 192 g/mol. The van der Waals surface area contributed by atoms with Gasteiger partial charge in [0, 0.05) is 12.6 Å². The van der Waals surface area contributed by atoms with E-state index >= 15 is 0 Å². The van der Waals surface area contributed by atoms with Gasteiger partial charge in [0.1, 0.15) is 0 Å². The molecular weight excluding hydrogens is 174 g/mol. The Morgan fingerprint density at radius 1 is 1.07 bits per heavy atom. The van der Waals surface area contributed by atoms with E-state index < -0.39 is 0 Å². The van der Waals surface area contributed by atoms with E-state index in [9.17, 15) is 4.79 Å². The molecule has 4 aliphatic carbocycles. The van der Waals surface area contributed by atoms with Crippen molar-refractivity contribution >= 4 is 6.41 Å². The molecule has 1 radical (unpaired) electrons. The number of nitrogens with zero attached hydrogens (tertiary/aromatic N) is 1. The summed E-state index contributed by atoms with van der Waals surface area (Å²) in [6, 6.07) is 0. The van der Waals surface area contributed by atoms with Crippen LogP contribution >= 0.6 is 0 Å². The number of amides is 1. The van der Waals surface area contributed by atoms with Crippen LogP contribution in [0.3, 0.4) is 0 Å². The van der Waals surface area contributed by atoms with E-state index in [-0.39, 0.29) is 5.54 Å². The van der Waals surface area contributed by atoms with Crippen molar-refractivity contribution in [3.8, 4) is 0 Å². The largest absolute Gasteiger partial charge is 0.332 e. The first-order chi connectivity index (χ1) is 6.72. The van der Waals surface area contributed by atoms with Crippen molar-refractivity contribution < 1.29 is 4.79 Å². The Balaban J connectivity index is 1.90. The molecule has 0 aromatic rings. The predicted octanol–water partition coefficient (Wildman–Crippen LogP) is 1.95. The molecule has 0 saturated heterocycles. The topological polar surface area (TPSA) is 20.3 Å². The van der Waals surface area contributed by atoms with Gasteiger partial charge in [0.25, 0.3) is 0 Å². The Hall–Kier alpha value is -0.530. The van der Waals surface area contributed by atoms with Crippen LogP contribution in [0.15, 0.2) is 0 Å². The average Bonchev–Trinajstić information content (AvgIpc) is 2.14. The van der Waals surface area contributed by atoms with Crippen molar-refractivity contribution in [2.75, 3.05) is 7.05 Å². The van der Waals surface area contributed by atoms with Gasteiger partial charge in [-0.05, 0) is 56.3 Å². The van der Waals surface area contributed by atoms with Gasteiger partial charge in [-0.25, -0.2) is 0 Å². The maximum absolute atomic E-state index is 10.8. The monoisotopic (exact) mass is 192 g/mol. The second-order valence-electron chi connectivity index (χ2n) is 5.79. The third-order valence-electron chi connectivity index (χ3n) is 4.85.